The molecule has 0 aliphatic carbocycles. The van der Waals surface area contributed by atoms with E-state index in [0.717, 1.165) is 83.5 Å². The molecule has 0 N–H and O–H groups in total. The first-order valence-electron chi connectivity index (χ1n) is 24.4. The fourth-order valence-electron chi connectivity index (χ4n) is 6.21. The van der Waals surface area contributed by atoms with Crippen molar-refractivity contribution in [2.75, 3.05) is 19.8 Å². The number of ether oxygens (including phenoxy) is 3. The van der Waals surface area contributed by atoms with Crippen LogP contribution in [-0.2, 0) is 23.8 Å². The van der Waals surface area contributed by atoms with Gasteiger partial charge in [0, 0.05) is 19.4 Å². The first-order valence-corrected chi connectivity index (χ1v) is 24.4. The highest BCUT2D eigenvalue weighted by Crippen LogP contribution is 2.11. The zero-order valence-corrected chi connectivity index (χ0v) is 38.9. The SMILES string of the molecule is CC/C=C\C/C=C\C/C=C\C/C=C\CCCCC(=O)OCC(COCCCCCCCC/C=C\CCCCCCCC)OC(=O)CC/C=C\C/C=C\C/C=C\C/C=C\CC. The molecule has 0 aliphatic heterocycles. The topological polar surface area (TPSA) is 61.8 Å². The van der Waals surface area contributed by atoms with Crippen LogP contribution in [0, 0.1) is 0 Å². The van der Waals surface area contributed by atoms with Crippen LogP contribution in [0.5, 0.6) is 0 Å². The van der Waals surface area contributed by atoms with Crippen molar-refractivity contribution in [1.29, 1.82) is 0 Å². The number of hydrogen-bond donors (Lipinski definition) is 0. The van der Waals surface area contributed by atoms with E-state index < -0.39 is 6.10 Å². The van der Waals surface area contributed by atoms with Crippen molar-refractivity contribution in [3.63, 3.8) is 0 Å². The van der Waals surface area contributed by atoms with Gasteiger partial charge in [-0.25, -0.2) is 0 Å². The highest BCUT2D eigenvalue weighted by atomic mass is 16.6. The summed E-state index contributed by atoms with van der Waals surface area (Å²) in [6.07, 6.45) is 68.3. The van der Waals surface area contributed by atoms with E-state index >= 15 is 0 Å². The van der Waals surface area contributed by atoms with Gasteiger partial charge in [0.1, 0.15) is 6.61 Å². The van der Waals surface area contributed by atoms with Crippen molar-refractivity contribution in [3.05, 3.63) is 109 Å². The third-order valence-electron chi connectivity index (χ3n) is 9.79. The van der Waals surface area contributed by atoms with Crippen LogP contribution in [0.4, 0.5) is 0 Å². The van der Waals surface area contributed by atoms with Gasteiger partial charge >= 0.3 is 11.9 Å². The van der Waals surface area contributed by atoms with Gasteiger partial charge in [0.05, 0.1) is 6.61 Å². The number of rotatable bonds is 43. The Labute approximate surface area is 370 Å². The second-order valence-corrected chi connectivity index (χ2v) is 15.6. The molecule has 5 heteroatoms. The molecule has 0 aromatic heterocycles. The van der Waals surface area contributed by atoms with E-state index in [-0.39, 0.29) is 31.6 Å². The third kappa shape index (κ3) is 47.2. The molecular weight excluding hydrogens is 741 g/mol. The summed E-state index contributed by atoms with van der Waals surface area (Å²) < 4.78 is 17.2. The molecule has 340 valence electrons. The molecule has 0 heterocycles. The zero-order valence-electron chi connectivity index (χ0n) is 38.9. The number of esters is 2. The maximum atomic E-state index is 12.7. The minimum atomic E-state index is -0.600. The van der Waals surface area contributed by atoms with E-state index in [1.807, 2.05) is 6.08 Å². The average Bonchev–Trinajstić information content (AvgIpc) is 3.25. The Balaban J connectivity index is 4.44. The van der Waals surface area contributed by atoms with Crippen molar-refractivity contribution in [1.82, 2.24) is 0 Å². The summed E-state index contributed by atoms with van der Waals surface area (Å²) in [6.45, 7) is 7.44. The smallest absolute Gasteiger partial charge is 0.306 e. The van der Waals surface area contributed by atoms with Crippen LogP contribution in [-0.4, -0.2) is 37.9 Å². The van der Waals surface area contributed by atoms with E-state index in [1.54, 1.807) is 0 Å². The first-order chi connectivity index (χ1) is 29.6. The minimum Gasteiger partial charge on any atom is -0.462 e. The normalized spacial score (nSPS) is 13.2. The Morgan fingerprint density at radius 2 is 0.783 bits per heavy atom. The van der Waals surface area contributed by atoms with Crippen LogP contribution in [0.2, 0.25) is 0 Å². The van der Waals surface area contributed by atoms with Crippen LogP contribution >= 0.6 is 0 Å². The second-order valence-electron chi connectivity index (χ2n) is 15.6. The quantitative estimate of drug-likeness (QED) is 0.0348. The zero-order chi connectivity index (χ0) is 43.5. The van der Waals surface area contributed by atoms with E-state index in [9.17, 15) is 9.59 Å². The fourth-order valence-corrected chi connectivity index (χ4v) is 6.21. The fraction of sp³-hybridized carbons (Fsp3) is 0.636. The number of allylic oxidation sites excluding steroid dienone is 18. The van der Waals surface area contributed by atoms with E-state index in [0.29, 0.717) is 19.4 Å². The van der Waals surface area contributed by atoms with Crippen LogP contribution in [0.3, 0.4) is 0 Å². The molecular formula is C55H90O5. The van der Waals surface area contributed by atoms with Crippen LogP contribution in [0.25, 0.3) is 0 Å². The van der Waals surface area contributed by atoms with Gasteiger partial charge in [0.2, 0.25) is 0 Å². The molecule has 0 saturated carbocycles. The van der Waals surface area contributed by atoms with Gasteiger partial charge in [-0.1, -0.05) is 188 Å². The molecule has 0 aliphatic rings. The molecule has 1 atom stereocenters. The standard InChI is InChI=1S/C55H90O5/c1-4-7-10-13-16-19-22-25-27-29-32-35-38-41-44-47-50-58-51-53(60-55(57)49-46-43-40-37-34-30-24-21-18-15-12-9-6-3)52-59-54(56)48-45-42-39-36-33-31-28-26-23-20-17-14-11-8-5-2/h8-9,11-12,17-18,20-21,25-28,30,33-34,36,40,43,53H,4-7,10,13-16,19,22-24,29,31-32,35,37-39,41-42,44-52H2,1-3H3/b11-8-,12-9-,20-17-,21-18-,27-25-,28-26-,34-30-,36-33-,43-40-. The Bertz CT molecular complexity index is 1210. The van der Waals surface area contributed by atoms with Gasteiger partial charge in [-0.2, -0.15) is 0 Å². The summed E-state index contributed by atoms with van der Waals surface area (Å²) in [7, 11) is 0. The second kappa shape index (κ2) is 49.9. The lowest BCUT2D eigenvalue weighted by Gasteiger charge is -2.18. The Kier molecular flexibility index (Phi) is 47.1. The van der Waals surface area contributed by atoms with Crippen molar-refractivity contribution in [2.24, 2.45) is 0 Å². The lowest BCUT2D eigenvalue weighted by atomic mass is 10.1. The monoisotopic (exact) mass is 831 g/mol. The maximum absolute atomic E-state index is 12.7. The molecule has 0 rings (SSSR count). The number of carbonyl (C=O) groups excluding carboxylic acids is 2. The van der Waals surface area contributed by atoms with Gasteiger partial charge in [-0.3, -0.25) is 9.59 Å². The predicted octanol–water partition coefficient (Wildman–Crippen LogP) is 16.4. The van der Waals surface area contributed by atoms with Crippen molar-refractivity contribution in [3.8, 4) is 0 Å². The summed E-state index contributed by atoms with van der Waals surface area (Å²) >= 11 is 0. The molecule has 0 saturated heterocycles. The Hall–Kier alpha value is -3.44. The third-order valence-corrected chi connectivity index (χ3v) is 9.79. The maximum Gasteiger partial charge on any atom is 0.306 e. The molecule has 0 fully saturated rings. The van der Waals surface area contributed by atoms with E-state index in [1.165, 1.54) is 77.0 Å². The minimum absolute atomic E-state index is 0.0266. The molecule has 1 unspecified atom stereocenters. The summed E-state index contributed by atoms with van der Waals surface area (Å²) in [6, 6.07) is 0. The predicted molar refractivity (Wildman–Crippen MR) is 260 cm³/mol. The summed E-state index contributed by atoms with van der Waals surface area (Å²) in [5.74, 6) is -0.549. The lowest BCUT2D eigenvalue weighted by molar-refractivity contribution is -0.162. The molecule has 0 aromatic rings. The molecule has 0 aromatic carbocycles. The summed E-state index contributed by atoms with van der Waals surface area (Å²) in [5, 5.41) is 0. The van der Waals surface area contributed by atoms with Crippen molar-refractivity contribution < 1.29 is 23.8 Å². The van der Waals surface area contributed by atoms with Gasteiger partial charge in [0.15, 0.2) is 6.10 Å². The summed E-state index contributed by atoms with van der Waals surface area (Å²) in [5.41, 5.74) is 0. The molecule has 0 spiro atoms. The van der Waals surface area contributed by atoms with Gasteiger partial charge in [-0.05, 0) is 109 Å². The Morgan fingerprint density at radius 3 is 1.28 bits per heavy atom. The highest BCUT2D eigenvalue weighted by Gasteiger charge is 2.17. The van der Waals surface area contributed by atoms with Gasteiger partial charge in [-0.15, -0.1) is 0 Å². The molecule has 0 bridgehead atoms. The molecule has 60 heavy (non-hydrogen) atoms. The molecule has 0 amide bonds. The lowest BCUT2D eigenvalue weighted by Crippen LogP contribution is -2.30. The van der Waals surface area contributed by atoms with Crippen molar-refractivity contribution in [2.45, 2.75) is 207 Å². The highest BCUT2D eigenvalue weighted by molar-refractivity contribution is 5.70. The van der Waals surface area contributed by atoms with E-state index in [2.05, 4.69) is 124 Å². The Morgan fingerprint density at radius 1 is 0.383 bits per heavy atom. The summed E-state index contributed by atoms with van der Waals surface area (Å²) in [4.78, 5) is 25.3. The molecule has 5 nitrogen and oxygen atoms in total. The number of unbranched alkanes of at least 4 members (excludes halogenated alkanes) is 14. The van der Waals surface area contributed by atoms with Gasteiger partial charge < -0.3 is 14.2 Å². The van der Waals surface area contributed by atoms with Crippen LogP contribution in [0.1, 0.15) is 201 Å². The largest absolute Gasteiger partial charge is 0.462 e. The van der Waals surface area contributed by atoms with Gasteiger partial charge in [0.25, 0.3) is 0 Å². The number of carbonyl (C=O) groups is 2. The number of hydrogen-bond acceptors (Lipinski definition) is 5. The van der Waals surface area contributed by atoms with E-state index in [4.69, 9.17) is 14.2 Å². The average molecular weight is 831 g/mol. The van der Waals surface area contributed by atoms with Crippen molar-refractivity contribution >= 4 is 11.9 Å². The van der Waals surface area contributed by atoms with Crippen LogP contribution < -0.4 is 0 Å². The first kappa shape index (κ1) is 56.6. The van der Waals surface area contributed by atoms with Crippen LogP contribution in [0.15, 0.2) is 109 Å². The molecule has 0 radical (unpaired) electrons.